The van der Waals surface area contributed by atoms with Gasteiger partial charge in [0.1, 0.15) is 0 Å². The predicted octanol–water partition coefficient (Wildman–Crippen LogP) is 4.93. The van der Waals surface area contributed by atoms with E-state index in [1.54, 1.807) is 5.57 Å². The molecule has 0 bridgehead atoms. The van der Waals surface area contributed by atoms with Gasteiger partial charge in [0.25, 0.3) is 0 Å². The van der Waals surface area contributed by atoms with Gasteiger partial charge in [0.2, 0.25) is 0 Å². The Hall–Kier alpha value is -0.900. The van der Waals surface area contributed by atoms with Gasteiger partial charge in [-0.3, -0.25) is 0 Å². The molecule has 2 unspecified atom stereocenters. The zero-order valence-electron chi connectivity index (χ0n) is 17.9. The summed E-state index contributed by atoms with van der Waals surface area (Å²) in [6.07, 6.45) is 14.0. The number of fused-ring (bicyclic) bond motifs is 1. The summed E-state index contributed by atoms with van der Waals surface area (Å²) in [5.74, 6) is 2.17. The topological polar surface area (TPSA) is 60.7 Å². The lowest BCUT2D eigenvalue weighted by Gasteiger charge is -2.44. The maximum Gasteiger partial charge on any atom is 0.0811 e. The Morgan fingerprint density at radius 1 is 1.21 bits per heavy atom. The van der Waals surface area contributed by atoms with Crippen molar-refractivity contribution in [2.45, 2.75) is 90.3 Å². The summed E-state index contributed by atoms with van der Waals surface area (Å²) >= 11 is 0. The fourth-order valence-electron chi connectivity index (χ4n) is 6.46. The third-order valence-corrected chi connectivity index (χ3v) is 8.06. The molecule has 3 heteroatoms. The van der Waals surface area contributed by atoms with Gasteiger partial charge in [-0.1, -0.05) is 51.0 Å². The van der Waals surface area contributed by atoms with Gasteiger partial charge in [-0.15, -0.1) is 0 Å². The molecule has 28 heavy (non-hydrogen) atoms. The molecule has 3 aliphatic carbocycles. The Balaban J connectivity index is 1.74. The number of aliphatic hydroxyl groups excluding tert-OH is 3. The second-order valence-electron chi connectivity index (χ2n) is 9.86. The SMILES string of the molecule is C=C1/C(=C\C=C2/CCC[C@]3(C)C(C(C)CCCCO)CC[C@@H]23)C[C@@H](O)C[C@@H]1O. The van der Waals surface area contributed by atoms with E-state index in [-0.39, 0.29) is 0 Å². The first kappa shape index (κ1) is 21.8. The molecular formula is C25H40O3. The summed E-state index contributed by atoms with van der Waals surface area (Å²) in [6, 6.07) is 0. The Kier molecular flexibility index (Phi) is 7.22. The average Bonchev–Trinajstić information content (AvgIpc) is 3.01. The van der Waals surface area contributed by atoms with Crippen molar-refractivity contribution in [1.82, 2.24) is 0 Å². The van der Waals surface area contributed by atoms with Crippen molar-refractivity contribution in [3.8, 4) is 0 Å². The summed E-state index contributed by atoms with van der Waals surface area (Å²) in [6.45, 7) is 9.30. The second-order valence-corrected chi connectivity index (χ2v) is 9.86. The van der Waals surface area contributed by atoms with Crippen LogP contribution >= 0.6 is 0 Å². The summed E-state index contributed by atoms with van der Waals surface area (Å²) in [7, 11) is 0. The van der Waals surface area contributed by atoms with Crippen LogP contribution in [0.1, 0.15) is 78.1 Å². The van der Waals surface area contributed by atoms with Gasteiger partial charge < -0.3 is 15.3 Å². The van der Waals surface area contributed by atoms with E-state index in [0.717, 1.165) is 35.8 Å². The highest BCUT2D eigenvalue weighted by molar-refractivity contribution is 5.38. The smallest absolute Gasteiger partial charge is 0.0811 e. The van der Waals surface area contributed by atoms with E-state index in [1.165, 1.54) is 38.5 Å². The molecule has 3 aliphatic rings. The molecule has 0 saturated heterocycles. The van der Waals surface area contributed by atoms with Gasteiger partial charge in [0.15, 0.2) is 0 Å². The first-order chi connectivity index (χ1) is 13.4. The number of hydrogen-bond donors (Lipinski definition) is 3. The van der Waals surface area contributed by atoms with Crippen molar-refractivity contribution in [3.63, 3.8) is 0 Å². The lowest BCUT2D eigenvalue weighted by Crippen LogP contribution is -2.36. The molecule has 3 N–H and O–H groups in total. The average molecular weight is 389 g/mol. The third kappa shape index (κ3) is 4.47. The molecule has 0 aliphatic heterocycles. The van der Waals surface area contributed by atoms with Crippen LogP contribution in [0.15, 0.2) is 35.5 Å². The summed E-state index contributed by atoms with van der Waals surface area (Å²) in [4.78, 5) is 0. The highest BCUT2D eigenvalue weighted by Gasteiger charge is 2.50. The molecule has 0 aromatic heterocycles. The van der Waals surface area contributed by atoms with Gasteiger partial charge in [-0.25, -0.2) is 0 Å². The van der Waals surface area contributed by atoms with Crippen molar-refractivity contribution >= 4 is 0 Å². The molecule has 3 fully saturated rings. The van der Waals surface area contributed by atoms with Crippen LogP contribution in [0.5, 0.6) is 0 Å². The summed E-state index contributed by atoms with van der Waals surface area (Å²) in [5.41, 5.74) is 3.75. The maximum absolute atomic E-state index is 10.1. The first-order valence-electron chi connectivity index (χ1n) is 11.4. The van der Waals surface area contributed by atoms with Crippen LogP contribution in [-0.4, -0.2) is 34.1 Å². The Morgan fingerprint density at radius 3 is 2.75 bits per heavy atom. The summed E-state index contributed by atoms with van der Waals surface area (Å²) in [5, 5.41) is 29.2. The van der Waals surface area contributed by atoms with Crippen LogP contribution in [0.4, 0.5) is 0 Å². The zero-order valence-corrected chi connectivity index (χ0v) is 17.9. The standard InChI is InChI=1S/C25H40O3/c1-17(7-4-5-14-26)22-11-12-23-19(8-6-13-25(22,23)3)9-10-20-15-21(27)16-24(28)18(20)2/h9-10,17,21-24,26-28H,2,4-8,11-16H2,1,3H3/b19-9+,20-10-/t17?,21-,22?,23+,24+,25-/m1/s1. The van der Waals surface area contributed by atoms with E-state index in [0.29, 0.717) is 30.8 Å². The largest absolute Gasteiger partial charge is 0.396 e. The van der Waals surface area contributed by atoms with E-state index >= 15 is 0 Å². The monoisotopic (exact) mass is 388 g/mol. The van der Waals surface area contributed by atoms with Gasteiger partial charge in [-0.2, -0.15) is 0 Å². The highest BCUT2D eigenvalue weighted by Crippen LogP contribution is 2.59. The quantitative estimate of drug-likeness (QED) is 0.566. The molecule has 3 saturated carbocycles. The number of aliphatic hydroxyl groups is 3. The Morgan fingerprint density at radius 2 is 2.00 bits per heavy atom. The Bertz CT molecular complexity index is 619. The molecule has 6 atom stereocenters. The van der Waals surface area contributed by atoms with E-state index in [4.69, 9.17) is 5.11 Å². The molecular weight excluding hydrogens is 348 g/mol. The van der Waals surface area contributed by atoms with E-state index in [9.17, 15) is 10.2 Å². The Labute approximate surface area is 171 Å². The fourth-order valence-corrected chi connectivity index (χ4v) is 6.46. The minimum absolute atomic E-state index is 0.313. The van der Waals surface area contributed by atoms with Crippen LogP contribution in [-0.2, 0) is 0 Å². The van der Waals surface area contributed by atoms with Crippen LogP contribution in [0, 0.1) is 23.2 Å². The molecule has 3 rings (SSSR count). The predicted molar refractivity (Wildman–Crippen MR) is 115 cm³/mol. The molecule has 0 radical (unpaired) electrons. The van der Waals surface area contributed by atoms with Crippen LogP contribution < -0.4 is 0 Å². The van der Waals surface area contributed by atoms with E-state index in [1.807, 2.05) is 0 Å². The minimum Gasteiger partial charge on any atom is -0.396 e. The number of hydrogen-bond acceptors (Lipinski definition) is 3. The fraction of sp³-hybridized carbons (Fsp3) is 0.760. The molecule has 0 spiro atoms. The zero-order chi connectivity index (χ0) is 20.3. The first-order valence-corrected chi connectivity index (χ1v) is 11.4. The maximum atomic E-state index is 10.1. The lowest BCUT2D eigenvalue weighted by atomic mass is 9.60. The van der Waals surface area contributed by atoms with Crippen LogP contribution in [0.3, 0.4) is 0 Å². The normalized spacial score (nSPS) is 40.1. The second kappa shape index (κ2) is 9.28. The van der Waals surface area contributed by atoms with E-state index < -0.39 is 12.2 Å². The van der Waals surface area contributed by atoms with Gasteiger partial charge in [0.05, 0.1) is 12.2 Å². The molecule has 0 amide bonds. The van der Waals surface area contributed by atoms with Crippen molar-refractivity contribution < 1.29 is 15.3 Å². The van der Waals surface area contributed by atoms with Crippen molar-refractivity contribution in [3.05, 3.63) is 35.5 Å². The molecule has 0 heterocycles. The third-order valence-electron chi connectivity index (χ3n) is 8.06. The number of allylic oxidation sites excluding steroid dienone is 3. The molecule has 3 nitrogen and oxygen atoms in total. The van der Waals surface area contributed by atoms with Crippen LogP contribution in [0.25, 0.3) is 0 Å². The van der Waals surface area contributed by atoms with Gasteiger partial charge in [0, 0.05) is 13.0 Å². The van der Waals surface area contributed by atoms with Crippen molar-refractivity contribution in [2.75, 3.05) is 6.61 Å². The van der Waals surface area contributed by atoms with E-state index in [2.05, 4.69) is 32.6 Å². The number of unbranched alkanes of at least 4 members (excludes halogenated alkanes) is 1. The lowest BCUT2D eigenvalue weighted by molar-refractivity contribution is 0.0861. The molecule has 158 valence electrons. The van der Waals surface area contributed by atoms with Gasteiger partial charge in [-0.05, 0) is 79.3 Å². The molecule has 0 aromatic rings. The van der Waals surface area contributed by atoms with Gasteiger partial charge >= 0.3 is 0 Å². The number of rotatable bonds is 6. The van der Waals surface area contributed by atoms with Crippen LogP contribution in [0.2, 0.25) is 0 Å². The van der Waals surface area contributed by atoms with Crippen molar-refractivity contribution in [2.24, 2.45) is 23.2 Å². The molecule has 0 aromatic carbocycles. The highest BCUT2D eigenvalue weighted by atomic mass is 16.3. The summed E-state index contributed by atoms with van der Waals surface area (Å²) < 4.78 is 0. The minimum atomic E-state index is -0.611. The van der Waals surface area contributed by atoms with Crippen molar-refractivity contribution in [1.29, 1.82) is 0 Å².